The summed E-state index contributed by atoms with van der Waals surface area (Å²) in [6.07, 6.45) is 6.72. The molecule has 130 valence electrons. The molecule has 0 saturated heterocycles. The van der Waals surface area contributed by atoms with Gasteiger partial charge in [-0.15, -0.1) is 0 Å². The summed E-state index contributed by atoms with van der Waals surface area (Å²) in [7, 11) is -1.68. The molecule has 2 aliphatic rings. The minimum Gasteiger partial charge on any atom is -0.162 e. The summed E-state index contributed by atoms with van der Waals surface area (Å²) in [4.78, 5) is 0. The van der Waals surface area contributed by atoms with Crippen molar-refractivity contribution in [3.63, 3.8) is 0 Å². The molecule has 0 nitrogen and oxygen atoms in total. The van der Waals surface area contributed by atoms with Crippen molar-refractivity contribution >= 4 is 51.7 Å². The van der Waals surface area contributed by atoms with Crippen molar-refractivity contribution in [2.75, 3.05) is 0 Å². The number of benzene rings is 2. The Morgan fingerprint density at radius 3 is 1.92 bits per heavy atom. The van der Waals surface area contributed by atoms with E-state index in [4.69, 9.17) is 11.1 Å². The Morgan fingerprint density at radius 2 is 1.36 bits per heavy atom. The molecule has 0 radical (unpaired) electrons. The Bertz CT molecular complexity index is 872. The van der Waals surface area contributed by atoms with Crippen molar-refractivity contribution in [1.82, 2.24) is 0 Å². The first-order chi connectivity index (χ1) is 11.8. The van der Waals surface area contributed by atoms with Crippen LogP contribution in [0.1, 0.15) is 36.1 Å². The van der Waals surface area contributed by atoms with Gasteiger partial charge in [0.25, 0.3) is 0 Å². The molecule has 0 aliphatic heterocycles. The molecule has 2 aromatic rings. The van der Waals surface area contributed by atoms with Gasteiger partial charge >= 0.3 is 0 Å². The minimum absolute atomic E-state index is 1.09. The zero-order valence-electron chi connectivity index (χ0n) is 15.3. The molecule has 0 spiro atoms. The summed E-state index contributed by atoms with van der Waals surface area (Å²) in [5.41, 5.74) is 8.55. The van der Waals surface area contributed by atoms with Crippen molar-refractivity contribution in [3.05, 3.63) is 74.3 Å². The standard InChI is InChI=1S/C12H15ClSi.C10H9Br/c1-9-7-10-5-4-6-12(11(10)8-9)14(2,3)13;1-7-5-8-3-2-4-10(11)9(8)6-7/h4-7H,8H2,1-3H3;2-5H,6H2,1H3. The van der Waals surface area contributed by atoms with E-state index in [-0.39, 0.29) is 0 Å². The van der Waals surface area contributed by atoms with Crippen LogP contribution in [0.25, 0.3) is 12.2 Å². The fraction of sp³-hybridized carbons (Fsp3) is 0.273. The van der Waals surface area contributed by atoms with Crippen molar-refractivity contribution in [1.29, 1.82) is 0 Å². The second kappa shape index (κ2) is 7.26. The van der Waals surface area contributed by atoms with E-state index in [1.807, 2.05) is 0 Å². The molecular formula is C22H24BrClSi. The Balaban J connectivity index is 0.000000150. The average molecular weight is 432 g/mol. The molecule has 25 heavy (non-hydrogen) atoms. The van der Waals surface area contributed by atoms with E-state index in [2.05, 4.69) is 91.4 Å². The van der Waals surface area contributed by atoms with Crippen LogP contribution in [0.2, 0.25) is 13.1 Å². The molecule has 0 fully saturated rings. The monoisotopic (exact) mass is 430 g/mol. The number of hydrogen-bond acceptors (Lipinski definition) is 0. The van der Waals surface area contributed by atoms with Gasteiger partial charge in [-0.25, -0.2) is 0 Å². The smallest absolute Gasteiger partial charge is 0.162 e. The van der Waals surface area contributed by atoms with E-state index < -0.39 is 7.38 Å². The molecule has 0 saturated carbocycles. The zero-order valence-corrected chi connectivity index (χ0v) is 18.6. The first kappa shape index (κ1) is 18.7. The third kappa shape index (κ3) is 4.19. The molecule has 0 amide bonds. The predicted octanol–water partition coefficient (Wildman–Crippen LogP) is 6.71. The summed E-state index contributed by atoms with van der Waals surface area (Å²) in [6.45, 7) is 8.74. The van der Waals surface area contributed by atoms with E-state index in [1.165, 1.54) is 43.1 Å². The van der Waals surface area contributed by atoms with Crippen molar-refractivity contribution in [2.45, 2.75) is 39.8 Å². The van der Waals surface area contributed by atoms with Gasteiger partial charge in [-0.2, -0.15) is 11.1 Å². The molecule has 0 bridgehead atoms. The fourth-order valence-electron chi connectivity index (χ4n) is 3.58. The molecule has 2 aromatic carbocycles. The lowest BCUT2D eigenvalue weighted by Gasteiger charge is -2.18. The van der Waals surface area contributed by atoms with E-state index >= 15 is 0 Å². The number of fused-ring (bicyclic) bond motifs is 2. The molecule has 0 N–H and O–H groups in total. The van der Waals surface area contributed by atoms with Crippen LogP contribution < -0.4 is 5.19 Å². The summed E-state index contributed by atoms with van der Waals surface area (Å²) in [6, 6.07) is 12.9. The Hall–Kier alpha value is -1.09. The summed E-state index contributed by atoms with van der Waals surface area (Å²) in [5, 5.41) is 1.41. The normalized spacial score (nSPS) is 15.0. The molecule has 0 aromatic heterocycles. The first-order valence-corrected chi connectivity index (χ1v) is 13.5. The molecule has 3 heteroatoms. The highest BCUT2D eigenvalue weighted by atomic mass is 79.9. The molecule has 2 aliphatic carbocycles. The largest absolute Gasteiger partial charge is 0.181 e. The van der Waals surface area contributed by atoms with Gasteiger partial charge in [0.15, 0.2) is 7.38 Å². The van der Waals surface area contributed by atoms with Crippen molar-refractivity contribution in [2.24, 2.45) is 0 Å². The lowest BCUT2D eigenvalue weighted by molar-refractivity contribution is 1.18. The number of hydrogen-bond donors (Lipinski definition) is 0. The van der Waals surface area contributed by atoms with E-state index in [1.54, 1.807) is 0 Å². The minimum atomic E-state index is -1.68. The Morgan fingerprint density at radius 1 is 0.840 bits per heavy atom. The molecule has 4 rings (SSSR count). The van der Waals surface area contributed by atoms with Crippen LogP contribution in [0.5, 0.6) is 0 Å². The Labute approximate surface area is 165 Å². The van der Waals surface area contributed by atoms with Crippen LogP contribution in [0.3, 0.4) is 0 Å². The van der Waals surface area contributed by atoms with Crippen LogP contribution in [-0.2, 0) is 12.8 Å². The van der Waals surface area contributed by atoms with Gasteiger partial charge in [-0.3, -0.25) is 0 Å². The summed E-state index contributed by atoms with van der Waals surface area (Å²) >= 11 is 10.0. The second-order valence-corrected chi connectivity index (χ2v) is 14.7. The summed E-state index contributed by atoms with van der Waals surface area (Å²) < 4.78 is 1.24. The highest BCUT2D eigenvalue weighted by Gasteiger charge is 2.26. The van der Waals surface area contributed by atoms with Crippen LogP contribution in [0, 0.1) is 0 Å². The number of rotatable bonds is 1. The van der Waals surface area contributed by atoms with Crippen LogP contribution in [0.4, 0.5) is 0 Å². The van der Waals surface area contributed by atoms with Crippen LogP contribution in [0.15, 0.2) is 52.0 Å². The van der Waals surface area contributed by atoms with Gasteiger partial charge in [0.2, 0.25) is 0 Å². The van der Waals surface area contributed by atoms with Gasteiger partial charge in [-0.05, 0) is 60.2 Å². The van der Waals surface area contributed by atoms with E-state index in [0.29, 0.717) is 0 Å². The lowest BCUT2D eigenvalue weighted by atomic mass is 10.1. The number of halogens is 2. The topological polar surface area (TPSA) is 0 Å². The van der Waals surface area contributed by atoms with Crippen LogP contribution >= 0.6 is 27.0 Å². The highest BCUT2D eigenvalue weighted by molar-refractivity contribution is 9.10. The lowest BCUT2D eigenvalue weighted by Crippen LogP contribution is -2.37. The first-order valence-electron chi connectivity index (χ1n) is 8.68. The van der Waals surface area contributed by atoms with Crippen molar-refractivity contribution < 1.29 is 0 Å². The zero-order chi connectivity index (χ0) is 18.2. The van der Waals surface area contributed by atoms with Gasteiger partial charge in [-0.1, -0.05) is 82.7 Å². The third-order valence-corrected chi connectivity index (χ3v) is 7.83. The maximum atomic E-state index is 6.51. The highest BCUT2D eigenvalue weighted by Crippen LogP contribution is 2.30. The maximum Gasteiger partial charge on any atom is 0.181 e. The molecule has 0 unspecified atom stereocenters. The average Bonchev–Trinajstić information content (AvgIpc) is 3.08. The van der Waals surface area contributed by atoms with Gasteiger partial charge in [0.05, 0.1) is 0 Å². The van der Waals surface area contributed by atoms with Gasteiger partial charge in [0.1, 0.15) is 0 Å². The maximum absolute atomic E-state index is 6.51. The van der Waals surface area contributed by atoms with E-state index in [9.17, 15) is 0 Å². The second-order valence-electron chi connectivity index (χ2n) is 7.49. The third-order valence-electron chi connectivity index (χ3n) is 4.72. The Kier molecular flexibility index (Phi) is 5.43. The number of allylic oxidation sites excluding steroid dienone is 2. The summed E-state index contributed by atoms with van der Waals surface area (Å²) in [5.74, 6) is 0. The molecular weight excluding hydrogens is 408 g/mol. The van der Waals surface area contributed by atoms with Crippen LogP contribution in [-0.4, -0.2) is 7.38 Å². The SMILES string of the molecule is CC1=Cc2cccc(Br)c2C1.CC1=Cc2cccc([Si](C)(C)Cl)c2C1. The predicted molar refractivity (Wildman–Crippen MR) is 118 cm³/mol. The van der Waals surface area contributed by atoms with Crippen molar-refractivity contribution in [3.8, 4) is 0 Å². The van der Waals surface area contributed by atoms with E-state index in [0.717, 1.165) is 12.8 Å². The van der Waals surface area contributed by atoms with Gasteiger partial charge < -0.3 is 0 Å². The molecule has 0 atom stereocenters. The quantitative estimate of drug-likeness (QED) is 0.348. The fourth-order valence-corrected chi connectivity index (χ4v) is 6.08. The van der Waals surface area contributed by atoms with Gasteiger partial charge in [0, 0.05) is 4.47 Å². The molecule has 0 heterocycles.